The molecule has 0 spiro atoms. The van der Waals surface area contributed by atoms with Crippen molar-refractivity contribution < 1.29 is 8.78 Å². The van der Waals surface area contributed by atoms with Crippen molar-refractivity contribution in [3.63, 3.8) is 0 Å². The van der Waals surface area contributed by atoms with Gasteiger partial charge in [0.05, 0.1) is 23.0 Å². The first-order chi connectivity index (χ1) is 10.0. The van der Waals surface area contributed by atoms with Crippen molar-refractivity contribution >= 4 is 11.6 Å². The van der Waals surface area contributed by atoms with E-state index in [0.717, 1.165) is 11.8 Å². The van der Waals surface area contributed by atoms with Gasteiger partial charge in [-0.3, -0.25) is 4.68 Å². The maximum Gasteiger partial charge on any atom is 0.126 e. The van der Waals surface area contributed by atoms with Gasteiger partial charge in [0, 0.05) is 12.6 Å². The molecule has 0 aliphatic carbocycles. The molecule has 0 saturated heterocycles. The molecule has 1 aromatic heterocycles. The molecule has 0 aliphatic heterocycles. The molecule has 0 aliphatic rings. The van der Waals surface area contributed by atoms with E-state index in [0.29, 0.717) is 30.1 Å². The van der Waals surface area contributed by atoms with Gasteiger partial charge in [0.1, 0.15) is 11.6 Å². The number of nitrogens with zero attached hydrogens (tertiary/aromatic N) is 2. The first kappa shape index (κ1) is 15.9. The number of halogens is 3. The summed E-state index contributed by atoms with van der Waals surface area (Å²) < 4.78 is 28.5. The van der Waals surface area contributed by atoms with Crippen molar-refractivity contribution in [3.05, 3.63) is 52.3 Å². The Labute approximate surface area is 127 Å². The molecule has 0 bridgehead atoms. The van der Waals surface area contributed by atoms with Crippen molar-refractivity contribution in [2.75, 3.05) is 6.54 Å². The largest absolute Gasteiger partial charge is 0.309 e. The maximum atomic E-state index is 13.3. The molecule has 1 unspecified atom stereocenters. The zero-order chi connectivity index (χ0) is 15.4. The smallest absolute Gasteiger partial charge is 0.126 e. The normalized spacial score (nSPS) is 12.6. The van der Waals surface area contributed by atoms with Gasteiger partial charge in [-0.1, -0.05) is 18.5 Å². The molecule has 2 aromatic rings. The molecule has 114 valence electrons. The first-order valence-electron chi connectivity index (χ1n) is 6.94. The fourth-order valence-corrected chi connectivity index (χ4v) is 2.72. The third kappa shape index (κ3) is 3.80. The van der Waals surface area contributed by atoms with Crippen molar-refractivity contribution in [3.8, 4) is 0 Å². The average molecular weight is 314 g/mol. The molecule has 0 saturated carbocycles. The Morgan fingerprint density at radius 1 is 1.24 bits per heavy atom. The number of aromatic nitrogens is 2. The van der Waals surface area contributed by atoms with E-state index in [9.17, 15) is 8.78 Å². The van der Waals surface area contributed by atoms with Crippen LogP contribution < -0.4 is 5.32 Å². The fourth-order valence-electron chi connectivity index (χ4n) is 2.45. The summed E-state index contributed by atoms with van der Waals surface area (Å²) in [4.78, 5) is 0. The lowest BCUT2D eigenvalue weighted by Gasteiger charge is -2.20. The molecule has 2 rings (SSSR count). The van der Waals surface area contributed by atoms with Crippen LogP contribution in [0.5, 0.6) is 0 Å². The number of hydrogen-bond donors (Lipinski definition) is 1. The van der Waals surface area contributed by atoms with Gasteiger partial charge < -0.3 is 5.32 Å². The van der Waals surface area contributed by atoms with E-state index in [4.69, 9.17) is 11.6 Å². The predicted molar refractivity (Wildman–Crippen MR) is 79.4 cm³/mol. The average Bonchev–Trinajstić information content (AvgIpc) is 2.78. The first-order valence-corrected chi connectivity index (χ1v) is 7.32. The second-order valence-electron chi connectivity index (χ2n) is 4.79. The van der Waals surface area contributed by atoms with Gasteiger partial charge in [0.2, 0.25) is 0 Å². The molecule has 1 heterocycles. The molecule has 0 fully saturated rings. The molecule has 1 aromatic carbocycles. The Hall–Kier alpha value is -1.46. The van der Waals surface area contributed by atoms with Gasteiger partial charge in [-0.15, -0.1) is 0 Å². The highest BCUT2D eigenvalue weighted by atomic mass is 35.5. The second kappa shape index (κ2) is 7.00. The lowest BCUT2D eigenvalue weighted by atomic mass is 10.0. The van der Waals surface area contributed by atoms with Crippen molar-refractivity contribution in [1.82, 2.24) is 15.1 Å². The van der Waals surface area contributed by atoms with Crippen LogP contribution >= 0.6 is 11.6 Å². The third-order valence-corrected chi connectivity index (χ3v) is 3.57. The van der Waals surface area contributed by atoms with E-state index in [1.54, 1.807) is 10.9 Å². The molecule has 1 atom stereocenters. The molecular formula is C15H18ClF2N3. The van der Waals surface area contributed by atoms with E-state index < -0.39 is 11.6 Å². The Bertz CT molecular complexity index is 593. The summed E-state index contributed by atoms with van der Waals surface area (Å²) in [5.74, 6) is -1.15. The zero-order valence-electron chi connectivity index (χ0n) is 12.0. The van der Waals surface area contributed by atoms with Crippen LogP contribution in [0.1, 0.15) is 31.1 Å². The van der Waals surface area contributed by atoms with E-state index in [2.05, 4.69) is 10.4 Å². The summed E-state index contributed by atoms with van der Waals surface area (Å²) in [5.41, 5.74) is 1.42. The van der Waals surface area contributed by atoms with E-state index in [-0.39, 0.29) is 6.04 Å². The lowest BCUT2D eigenvalue weighted by molar-refractivity contribution is 0.487. The number of aryl methyl sites for hydroxylation is 1. The van der Waals surface area contributed by atoms with Gasteiger partial charge in [-0.05, 0) is 37.6 Å². The Kier molecular flexibility index (Phi) is 5.31. The summed E-state index contributed by atoms with van der Waals surface area (Å²) >= 11 is 6.21. The van der Waals surface area contributed by atoms with Gasteiger partial charge in [0.25, 0.3) is 0 Å². The molecule has 21 heavy (non-hydrogen) atoms. The van der Waals surface area contributed by atoms with E-state index in [1.807, 2.05) is 13.8 Å². The number of likely N-dealkylation sites (N-methyl/N-ethyl adjacent to an activating group) is 1. The molecule has 1 N–H and O–H groups in total. The minimum atomic E-state index is -0.574. The van der Waals surface area contributed by atoms with Gasteiger partial charge in [0.15, 0.2) is 0 Å². The number of nitrogens with one attached hydrogen (secondary N) is 1. The molecule has 6 heteroatoms. The standard InChI is InChI=1S/C15H18ClF2N3/c1-3-19-14(15-13(16)9-20-21(15)4-2)7-10-5-11(17)8-12(18)6-10/h5-6,8-9,14,19H,3-4,7H2,1-2H3. The van der Waals surface area contributed by atoms with Crippen LogP contribution in [-0.2, 0) is 13.0 Å². The Balaban J connectivity index is 2.32. The molecule has 0 amide bonds. The SMILES string of the molecule is CCNC(Cc1cc(F)cc(F)c1)c1c(Cl)cnn1CC. The summed E-state index contributed by atoms with van der Waals surface area (Å²) in [6.07, 6.45) is 2.03. The predicted octanol–water partition coefficient (Wildman–Crippen LogP) is 3.73. The highest BCUT2D eigenvalue weighted by Crippen LogP contribution is 2.26. The molecular weight excluding hydrogens is 296 g/mol. The maximum absolute atomic E-state index is 13.3. The van der Waals surface area contributed by atoms with Crippen LogP contribution in [0.15, 0.2) is 24.4 Å². The topological polar surface area (TPSA) is 29.9 Å². The highest BCUT2D eigenvalue weighted by Gasteiger charge is 2.20. The summed E-state index contributed by atoms with van der Waals surface area (Å²) in [6.45, 7) is 5.34. The van der Waals surface area contributed by atoms with Crippen molar-refractivity contribution in [2.24, 2.45) is 0 Å². The Morgan fingerprint density at radius 3 is 2.48 bits per heavy atom. The number of benzene rings is 1. The Morgan fingerprint density at radius 2 is 1.90 bits per heavy atom. The quantitative estimate of drug-likeness (QED) is 0.880. The fraction of sp³-hybridized carbons (Fsp3) is 0.400. The molecule has 3 nitrogen and oxygen atoms in total. The van der Waals surface area contributed by atoms with Gasteiger partial charge in [-0.25, -0.2) is 8.78 Å². The van der Waals surface area contributed by atoms with E-state index in [1.165, 1.54) is 12.1 Å². The summed E-state index contributed by atoms with van der Waals surface area (Å²) in [6, 6.07) is 3.41. The van der Waals surface area contributed by atoms with Crippen LogP contribution in [0, 0.1) is 11.6 Å². The second-order valence-corrected chi connectivity index (χ2v) is 5.19. The van der Waals surface area contributed by atoms with Crippen LogP contribution in [0.25, 0.3) is 0 Å². The molecule has 0 radical (unpaired) electrons. The monoisotopic (exact) mass is 313 g/mol. The highest BCUT2D eigenvalue weighted by molar-refractivity contribution is 6.31. The lowest BCUT2D eigenvalue weighted by Crippen LogP contribution is -2.26. The van der Waals surface area contributed by atoms with E-state index >= 15 is 0 Å². The van der Waals surface area contributed by atoms with Crippen molar-refractivity contribution in [1.29, 1.82) is 0 Å². The third-order valence-electron chi connectivity index (χ3n) is 3.28. The van der Waals surface area contributed by atoms with Crippen LogP contribution in [0.4, 0.5) is 8.78 Å². The van der Waals surface area contributed by atoms with Gasteiger partial charge >= 0.3 is 0 Å². The summed E-state index contributed by atoms with van der Waals surface area (Å²) in [5, 5.41) is 8.06. The number of rotatable bonds is 6. The minimum Gasteiger partial charge on any atom is -0.309 e. The zero-order valence-corrected chi connectivity index (χ0v) is 12.8. The van der Waals surface area contributed by atoms with Crippen molar-refractivity contribution in [2.45, 2.75) is 32.9 Å². The summed E-state index contributed by atoms with van der Waals surface area (Å²) in [7, 11) is 0. The number of hydrogen-bond acceptors (Lipinski definition) is 2. The van der Waals surface area contributed by atoms with Crippen LogP contribution in [-0.4, -0.2) is 16.3 Å². The minimum absolute atomic E-state index is 0.147. The van der Waals surface area contributed by atoms with Crippen LogP contribution in [0.2, 0.25) is 5.02 Å². The van der Waals surface area contributed by atoms with Crippen LogP contribution in [0.3, 0.4) is 0 Å². The van der Waals surface area contributed by atoms with Gasteiger partial charge in [-0.2, -0.15) is 5.10 Å².